The van der Waals surface area contributed by atoms with E-state index in [9.17, 15) is 0 Å². The van der Waals surface area contributed by atoms with E-state index in [2.05, 4.69) is 66.8 Å². The number of imidazole rings is 1. The predicted molar refractivity (Wildman–Crippen MR) is 76.1 cm³/mol. The second-order valence-corrected chi connectivity index (χ2v) is 5.98. The highest BCUT2D eigenvalue weighted by Gasteiger charge is 2.14. The van der Waals surface area contributed by atoms with Crippen molar-refractivity contribution >= 4 is 16.4 Å². The van der Waals surface area contributed by atoms with Gasteiger partial charge in [-0.1, -0.05) is 39.0 Å². The number of rotatable bonds is 0. The lowest BCUT2D eigenvalue weighted by molar-refractivity contribution is 0.591. The SMILES string of the molecule is Cc1cn2ccc3cc(C(C)(C)C)ccc3c2n1. The third-order valence-electron chi connectivity index (χ3n) is 3.43. The van der Waals surface area contributed by atoms with Gasteiger partial charge in [0.2, 0.25) is 0 Å². The Morgan fingerprint density at radius 3 is 2.61 bits per heavy atom. The molecule has 0 aliphatic carbocycles. The van der Waals surface area contributed by atoms with Crippen molar-refractivity contribution in [3.63, 3.8) is 0 Å². The summed E-state index contributed by atoms with van der Waals surface area (Å²) in [4.78, 5) is 4.60. The van der Waals surface area contributed by atoms with Gasteiger partial charge in [0.15, 0.2) is 0 Å². The summed E-state index contributed by atoms with van der Waals surface area (Å²) in [6.07, 6.45) is 4.15. The lowest BCUT2D eigenvalue weighted by Gasteiger charge is -2.19. The number of nitrogens with zero attached hydrogens (tertiary/aromatic N) is 2. The predicted octanol–water partition coefficient (Wildman–Crippen LogP) is 4.09. The molecule has 0 amide bonds. The molecular weight excluding hydrogens is 220 g/mol. The average molecular weight is 238 g/mol. The first-order valence-corrected chi connectivity index (χ1v) is 6.34. The van der Waals surface area contributed by atoms with E-state index in [0.717, 1.165) is 11.3 Å². The van der Waals surface area contributed by atoms with Crippen LogP contribution in [0.4, 0.5) is 0 Å². The quantitative estimate of drug-likeness (QED) is 0.576. The van der Waals surface area contributed by atoms with E-state index in [1.807, 2.05) is 6.92 Å². The summed E-state index contributed by atoms with van der Waals surface area (Å²) in [6, 6.07) is 8.85. The average Bonchev–Trinajstić information content (AvgIpc) is 2.68. The third-order valence-corrected chi connectivity index (χ3v) is 3.43. The fourth-order valence-electron chi connectivity index (χ4n) is 2.36. The van der Waals surface area contributed by atoms with Gasteiger partial charge in [0.05, 0.1) is 5.69 Å². The molecule has 0 spiro atoms. The Kier molecular flexibility index (Phi) is 2.24. The molecule has 2 nitrogen and oxygen atoms in total. The second kappa shape index (κ2) is 3.58. The smallest absolute Gasteiger partial charge is 0.144 e. The summed E-state index contributed by atoms with van der Waals surface area (Å²) >= 11 is 0. The molecule has 0 saturated carbocycles. The van der Waals surface area contributed by atoms with Gasteiger partial charge in [0, 0.05) is 17.8 Å². The van der Waals surface area contributed by atoms with E-state index in [-0.39, 0.29) is 5.41 Å². The molecule has 18 heavy (non-hydrogen) atoms. The minimum Gasteiger partial charge on any atom is -0.306 e. The van der Waals surface area contributed by atoms with Crippen LogP contribution in [0.2, 0.25) is 0 Å². The second-order valence-electron chi connectivity index (χ2n) is 5.98. The van der Waals surface area contributed by atoms with Crippen LogP contribution >= 0.6 is 0 Å². The van der Waals surface area contributed by atoms with E-state index in [1.165, 1.54) is 16.3 Å². The van der Waals surface area contributed by atoms with Crippen molar-refractivity contribution in [3.05, 3.63) is 47.9 Å². The minimum atomic E-state index is 0.186. The largest absolute Gasteiger partial charge is 0.306 e. The van der Waals surface area contributed by atoms with Crippen LogP contribution in [0.5, 0.6) is 0 Å². The first-order valence-electron chi connectivity index (χ1n) is 6.34. The highest BCUT2D eigenvalue weighted by molar-refractivity contribution is 5.94. The Labute approximate surface area is 107 Å². The molecule has 0 bridgehead atoms. The number of pyridine rings is 1. The molecule has 0 aliphatic rings. The summed E-state index contributed by atoms with van der Waals surface area (Å²) in [5.41, 5.74) is 3.65. The van der Waals surface area contributed by atoms with Crippen LogP contribution in [0.1, 0.15) is 32.0 Å². The van der Waals surface area contributed by atoms with E-state index >= 15 is 0 Å². The van der Waals surface area contributed by atoms with Gasteiger partial charge in [-0.25, -0.2) is 4.98 Å². The fraction of sp³-hybridized carbons (Fsp3) is 0.312. The van der Waals surface area contributed by atoms with Crippen LogP contribution in [-0.2, 0) is 5.41 Å². The molecule has 0 fully saturated rings. The molecular formula is C16H18N2. The van der Waals surface area contributed by atoms with Gasteiger partial charge in [0.1, 0.15) is 5.65 Å². The van der Waals surface area contributed by atoms with Crippen molar-refractivity contribution < 1.29 is 0 Å². The van der Waals surface area contributed by atoms with Crippen molar-refractivity contribution in [1.29, 1.82) is 0 Å². The molecule has 2 aromatic heterocycles. The number of aromatic nitrogens is 2. The minimum absolute atomic E-state index is 0.186. The van der Waals surface area contributed by atoms with E-state index in [0.29, 0.717) is 0 Å². The molecule has 3 rings (SSSR count). The molecule has 0 N–H and O–H groups in total. The molecule has 3 aromatic rings. The first-order chi connectivity index (χ1) is 8.45. The van der Waals surface area contributed by atoms with Crippen molar-refractivity contribution in [1.82, 2.24) is 9.38 Å². The summed E-state index contributed by atoms with van der Waals surface area (Å²) in [6.45, 7) is 8.76. The van der Waals surface area contributed by atoms with Gasteiger partial charge in [0.25, 0.3) is 0 Å². The van der Waals surface area contributed by atoms with E-state index in [1.54, 1.807) is 0 Å². The zero-order valence-corrected chi connectivity index (χ0v) is 11.4. The monoisotopic (exact) mass is 238 g/mol. The number of benzene rings is 1. The van der Waals surface area contributed by atoms with Crippen LogP contribution in [0, 0.1) is 6.92 Å². The maximum Gasteiger partial charge on any atom is 0.144 e. The molecule has 0 radical (unpaired) electrons. The lowest BCUT2D eigenvalue weighted by Crippen LogP contribution is -2.10. The molecule has 92 valence electrons. The Balaban J connectivity index is 2.34. The van der Waals surface area contributed by atoms with Crippen LogP contribution in [0.15, 0.2) is 36.7 Å². The van der Waals surface area contributed by atoms with Crippen LogP contribution < -0.4 is 0 Å². The number of hydrogen-bond acceptors (Lipinski definition) is 1. The summed E-state index contributed by atoms with van der Waals surface area (Å²) < 4.78 is 2.09. The number of fused-ring (bicyclic) bond motifs is 3. The fourth-order valence-corrected chi connectivity index (χ4v) is 2.36. The summed E-state index contributed by atoms with van der Waals surface area (Å²) in [5.74, 6) is 0. The van der Waals surface area contributed by atoms with Crippen molar-refractivity contribution in [2.24, 2.45) is 0 Å². The Bertz CT molecular complexity index is 730. The Hall–Kier alpha value is -1.83. The van der Waals surface area contributed by atoms with Crippen LogP contribution in [0.25, 0.3) is 16.4 Å². The van der Waals surface area contributed by atoms with Crippen LogP contribution in [-0.4, -0.2) is 9.38 Å². The number of hydrogen-bond donors (Lipinski definition) is 0. The zero-order valence-electron chi connectivity index (χ0n) is 11.4. The Morgan fingerprint density at radius 2 is 1.89 bits per heavy atom. The van der Waals surface area contributed by atoms with Gasteiger partial charge in [-0.05, 0) is 29.4 Å². The normalized spacial score (nSPS) is 12.4. The maximum atomic E-state index is 4.60. The third kappa shape index (κ3) is 1.69. The summed E-state index contributed by atoms with van der Waals surface area (Å²) in [7, 11) is 0. The van der Waals surface area contributed by atoms with E-state index < -0.39 is 0 Å². The Morgan fingerprint density at radius 1 is 1.11 bits per heavy atom. The van der Waals surface area contributed by atoms with Crippen LogP contribution in [0.3, 0.4) is 0 Å². The van der Waals surface area contributed by atoms with Gasteiger partial charge in [-0.3, -0.25) is 0 Å². The lowest BCUT2D eigenvalue weighted by atomic mass is 9.86. The molecule has 0 unspecified atom stereocenters. The van der Waals surface area contributed by atoms with Crippen molar-refractivity contribution in [2.75, 3.05) is 0 Å². The molecule has 1 aromatic carbocycles. The highest BCUT2D eigenvalue weighted by Crippen LogP contribution is 2.27. The zero-order chi connectivity index (χ0) is 12.9. The molecule has 0 saturated heterocycles. The van der Waals surface area contributed by atoms with Gasteiger partial charge < -0.3 is 4.40 Å². The number of aryl methyl sites for hydroxylation is 1. The highest BCUT2D eigenvalue weighted by atomic mass is 15.0. The standard InChI is InChI=1S/C16H18N2/c1-11-10-18-8-7-12-9-13(16(2,3)4)5-6-14(12)15(18)17-11/h5-10H,1-4H3. The molecule has 0 aliphatic heterocycles. The topological polar surface area (TPSA) is 17.3 Å². The first kappa shape index (κ1) is 11.3. The molecule has 2 heteroatoms. The van der Waals surface area contributed by atoms with Gasteiger partial charge in [-0.15, -0.1) is 0 Å². The molecule has 0 atom stereocenters. The summed E-state index contributed by atoms with van der Waals surface area (Å²) in [5, 5.41) is 2.49. The molecule has 2 heterocycles. The van der Waals surface area contributed by atoms with Gasteiger partial charge in [-0.2, -0.15) is 0 Å². The van der Waals surface area contributed by atoms with Crippen molar-refractivity contribution in [2.45, 2.75) is 33.1 Å². The van der Waals surface area contributed by atoms with E-state index in [4.69, 9.17) is 0 Å². The van der Waals surface area contributed by atoms with Gasteiger partial charge >= 0.3 is 0 Å². The maximum absolute atomic E-state index is 4.60. The van der Waals surface area contributed by atoms with Crippen molar-refractivity contribution in [3.8, 4) is 0 Å².